The van der Waals surface area contributed by atoms with Crippen LogP contribution < -0.4 is 0 Å². The van der Waals surface area contributed by atoms with Gasteiger partial charge in [0.25, 0.3) is 0 Å². The zero-order chi connectivity index (χ0) is 28.2. The van der Waals surface area contributed by atoms with E-state index in [1.807, 2.05) is 6.20 Å². The van der Waals surface area contributed by atoms with Crippen LogP contribution in [0.25, 0.3) is 0 Å². The molecule has 5 aliphatic rings. The van der Waals surface area contributed by atoms with E-state index in [0.717, 1.165) is 63.5 Å². The average molecular weight is 536 g/mol. The molecule has 5 nitrogen and oxygen atoms in total. The Labute approximate surface area is 234 Å². The standard InChI is InChI=1S/C34H49NO4/c1-29(2)13-15-34(12-10-26(37)38-8)16-14-33(7)27(22(34)19-29)23(36)17-25-31(5)18-21-20-35-39-28(21)30(3,4)24(31)9-11-32(25,33)6/h17,20,22,24,27H,9-16,18-19H2,1-8H3/t22-,24+,27?,31+,32-,33-,34-/m1/s1. The third kappa shape index (κ3) is 3.52. The first kappa shape index (κ1) is 27.3. The molecule has 0 spiro atoms. The van der Waals surface area contributed by atoms with E-state index >= 15 is 0 Å². The van der Waals surface area contributed by atoms with Crippen LogP contribution in [0.1, 0.15) is 118 Å². The second kappa shape index (κ2) is 8.32. The van der Waals surface area contributed by atoms with E-state index in [2.05, 4.69) is 59.7 Å². The van der Waals surface area contributed by atoms with Gasteiger partial charge in [0.15, 0.2) is 5.78 Å². The van der Waals surface area contributed by atoms with E-state index in [-0.39, 0.29) is 44.4 Å². The monoisotopic (exact) mass is 535 g/mol. The minimum Gasteiger partial charge on any atom is -0.469 e. The number of carbonyl (C=O) groups excluding carboxylic acids is 2. The molecule has 0 aliphatic heterocycles. The predicted molar refractivity (Wildman–Crippen MR) is 151 cm³/mol. The molecule has 0 aromatic carbocycles. The Hall–Kier alpha value is -1.91. The topological polar surface area (TPSA) is 69.4 Å². The number of aromatic nitrogens is 1. The maximum Gasteiger partial charge on any atom is 0.305 e. The molecule has 3 saturated carbocycles. The number of methoxy groups -OCH3 is 1. The van der Waals surface area contributed by atoms with E-state index < -0.39 is 0 Å². The van der Waals surface area contributed by atoms with Gasteiger partial charge in [-0.05, 0) is 103 Å². The molecular formula is C34H49NO4. The quantitative estimate of drug-likeness (QED) is 0.372. The third-order valence-electron chi connectivity index (χ3n) is 13.6. The van der Waals surface area contributed by atoms with Crippen LogP contribution in [0, 0.1) is 44.8 Å². The number of nitrogens with zero attached hydrogens (tertiary/aromatic N) is 1. The van der Waals surface area contributed by atoms with Gasteiger partial charge in [0.05, 0.1) is 13.3 Å². The van der Waals surface area contributed by atoms with E-state index in [1.54, 1.807) is 0 Å². The second-order valence-electron chi connectivity index (χ2n) is 16.2. The molecule has 3 fully saturated rings. The first-order valence-electron chi connectivity index (χ1n) is 15.4. The summed E-state index contributed by atoms with van der Waals surface area (Å²) in [5, 5.41) is 4.21. The van der Waals surface area contributed by atoms with Gasteiger partial charge in [0, 0.05) is 23.3 Å². The number of esters is 1. The summed E-state index contributed by atoms with van der Waals surface area (Å²) in [5.74, 6) is 2.01. The summed E-state index contributed by atoms with van der Waals surface area (Å²) >= 11 is 0. The van der Waals surface area contributed by atoms with Crippen LogP contribution in [-0.4, -0.2) is 24.0 Å². The molecule has 1 unspecified atom stereocenters. The van der Waals surface area contributed by atoms with Crippen molar-refractivity contribution >= 4 is 11.8 Å². The lowest BCUT2D eigenvalue weighted by atomic mass is 9.33. The number of carbonyl (C=O) groups is 2. The van der Waals surface area contributed by atoms with Crippen LogP contribution in [0.15, 0.2) is 22.4 Å². The van der Waals surface area contributed by atoms with Crippen molar-refractivity contribution in [2.75, 3.05) is 7.11 Å². The number of fused-ring (bicyclic) bond motifs is 8. The highest BCUT2D eigenvalue weighted by Gasteiger charge is 2.69. The molecule has 0 N–H and O–H groups in total. The van der Waals surface area contributed by atoms with Crippen molar-refractivity contribution in [1.29, 1.82) is 0 Å². The maximum atomic E-state index is 14.6. The number of ether oxygens (including phenoxy) is 1. The number of rotatable bonds is 3. The molecule has 1 heterocycles. The molecule has 5 aliphatic carbocycles. The highest BCUT2D eigenvalue weighted by molar-refractivity contribution is 5.95. The third-order valence-corrected chi connectivity index (χ3v) is 13.6. The molecule has 6 rings (SSSR count). The Morgan fingerprint density at radius 3 is 2.49 bits per heavy atom. The molecule has 214 valence electrons. The highest BCUT2D eigenvalue weighted by atomic mass is 16.5. The number of hydrogen-bond donors (Lipinski definition) is 0. The van der Waals surface area contributed by atoms with Crippen LogP contribution in [-0.2, 0) is 26.2 Å². The van der Waals surface area contributed by atoms with Gasteiger partial charge in [-0.3, -0.25) is 9.59 Å². The predicted octanol–water partition coefficient (Wildman–Crippen LogP) is 7.62. The number of allylic oxidation sites excluding steroid dienone is 2. The van der Waals surface area contributed by atoms with E-state index in [0.29, 0.717) is 24.0 Å². The normalized spacial score (nSPS) is 43.6. The molecule has 39 heavy (non-hydrogen) atoms. The van der Waals surface area contributed by atoms with Gasteiger partial charge in [0.2, 0.25) is 0 Å². The first-order valence-corrected chi connectivity index (χ1v) is 15.4. The van der Waals surface area contributed by atoms with Crippen molar-refractivity contribution in [1.82, 2.24) is 5.16 Å². The van der Waals surface area contributed by atoms with Crippen molar-refractivity contribution in [3.63, 3.8) is 0 Å². The van der Waals surface area contributed by atoms with Gasteiger partial charge in [-0.15, -0.1) is 0 Å². The Kier molecular flexibility index (Phi) is 5.82. The summed E-state index contributed by atoms with van der Waals surface area (Å²) in [7, 11) is 1.49. The lowest BCUT2D eigenvalue weighted by molar-refractivity contribution is -0.174. The zero-order valence-corrected chi connectivity index (χ0v) is 25.5. The average Bonchev–Trinajstić information content (AvgIpc) is 3.33. The summed E-state index contributed by atoms with van der Waals surface area (Å²) in [6, 6.07) is 0. The van der Waals surface area contributed by atoms with Gasteiger partial charge in [-0.1, -0.05) is 59.2 Å². The minimum absolute atomic E-state index is 0.0140. The molecular weight excluding hydrogens is 486 g/mol. The lowest BCUT2D eigenvalue weighted by Gasteiger charge is -2.70. The summed E-state index contributed by atoms with van der Waals surface area (Å²) in [6.07, 6.45) is 14.0. The summed E-state index contributed by atoms with van der Waals surface area (Å²) in [4.78, 5) is 26.9. The van der Waals surface area contributed by atoms with Crippen molar-refractivity contribution in [2.45, 2.75) is 118 Å². The Balaban J connectivity index is 1.45. The zero-order valence-electron chi connectivity index (χ0n) is 25.5. The molecule has 0 radical (unpaired) electrons. The minimum atomic E-state index is -0.121. The molecule has 1 aromatic heterocycles. The molecule has 5 heteroatoms. The van der Waals surface area contributed by atoms with Crippen molar-refractivity contribution in [3.8, 4) is 0 Å². The first-order chi connectivity index (χ1) is 18.1. The Bertz CT molecular complexity index is 1240. The summed E-state index contributed by atoms with van der Waals surface area (Å²) in [5.41, 5.74) is 2.54. The highest BCUT2D eigenvalue weighted by Crippen LogP contribution is 2.75. The van der Waals surface area contributed by atoms with Gasteiger partial charge >= 0.3 is 5.97 Å². The Morgan fingerprint density at radius 1 is 1.05 bits per heavy atom. The SMILES string of the molecule is COC(=O)CC[C@]12CCC(C)(C)C[C@@H]1C1C(=O)C=C3[C@@]4(C)Cc5cnoc5C(C)(C)[C@@H]4CC[C@@]3(C)[C@]1(C)CC2. The fraction of sp³-hybridized carbons (Fsp3) is 0.794. The van der Waals surface area contributed by atoms with Gasteiger partial charge < -0.3 is 9.26 Å². The van der Waals surface area contributed by atoms with Gasteiger partial charge in [0.1, 0.15) is 5.76 Å². The smallest absolute Gasteiger partial charge is 0.305 e. The summed E-state index contributed by atoms with van der Waals surface area (Å²) < 4.78 is 10.9. The Morgan fingerprint density at radius 2 is 1.77 bits per heavy atom. The van der Waals surface area contributed by atoms with Crippen LogP contribution in [0.2, 0.25) is 0 Å². The van der Waals surface area contributed by atoms with Crippen molar-refractivity contribution in [3.05, 3.63) is 29.2 Å². The van der Waals surface area contributed by atoms with Crippen LogP contribution in [0.5, 0.6) is 0 Å². The molecule has 0 amide bonds. The van der Waals surface area contributed by atoms with Crippen LogP contribution in [0.4, 0.5) is 0 Å². The maximum absolute atomic E-state index is 14.6. The fourth-order valence-electron chi connectivity index (χ4n) is 11.3. The van der Waals surface area contributed by atoms with E-state index in [4.69, 9.17) is 9.26 Å². The molecule has 1 aromatic rings. The molecule has 0 saturated heterocycles. The van der Waals surface area contributed by atoms with Crippen LogP contribution in [0.3, 0.4) is 0 Å². The summed E-state index contributed by atoms with van der Waals surface area (Å²) in [6.45, 7) is 16.8. The van der Waals surface area contributed by atoms with Crippen molar-refractivity contribution in [2.24, 2.45) is 44.8 Å². The second-order valence-corrected chi connectivity index (χ2v) is 16.2. The van der Waals surface area contributed by atoms with Gasteiger partial charge in [-0.2, -0.15) is 0 Å². The van der Waals surface area contributed by atoms with E-state index in [1.165, 1.54) is 18.2 Å². The number of ketones is 1. The van der Waals surface area contributed by atoms with E-state index in [9.17, 15) is 9.59 Å². The largest absolute Gasteiger partial charge is 0.469 e. The van der Waals surface area contributed by atoms with Gasteiger partial charge in [-0.25, -0.2) is 0 Å². The molecule has 0 bridgehead atoms. The lowest BCUT2D eigenvalue weighted by Crippen LogP contribution is -2.65. The van der Waals surface area contributed by atoms with Crippen LogP contribution >= 0.6 is 0 Å². The molecule has 7 atom stereocenters. The van der Waals surface area contributed by atoms with Crippen molar-refractivity contribution < 1.29 is 18.8 Å². The fourth-order valence-corrected chi connectivity index (χ4v) is 11.3. The number of hydrogen-bond acceptors (Lipinski definition) is 5.